The highest BCUT2D eigenvalue weighted by Gasteiger charge is 2.28. The Balaban J connectivity index is 2.33. The van der Waals surface area contributed by atoms with Gasteiger partial charge in [0.15, 0.2) is 5.82 Å². The summed E-state index contributed by atoms with van der Waals surface area (Å²) in [5.74, 6) is -0.632. The maximum absolute atomic E-state index is 14.3. The number of anilines is 3. The Bertz CT molecular complexity index is 518. The molecule has 1 amide bonds. The number of halogens is 1. The third-order valence-electron chi connectivity index (χ3n) is 3.61. The second-order valence-electron chi connectivity index (χ2n) is 5.43. The van der Waals surface area contributed by atoms with Crippen molar-refractivity contribution in [3.8, 4) is 0 Å². The topological polar surface area (TPSA) is 61.6 Å². The molecule has 110 valence electrons. The van der Waals surface area contributed by atoms with Crippen LogP contribution in [0.4, 0.5) is 21.5 Å². The van der Waals surface area contributed by atoms with Crippen molar-refractivity contribution < 1.29 is 9.18 Å². The molecule has 1 aliphatic heterocycles. The molecule has 1 aromatic rings. The number of carbonyl (C=O) groups is 1. The summed E-state index contributed by atoms with van der Waals surface area (Å²) < 4.78 is 14.3. The minimum atomic E-state index is -0.395. The first-order valence-corrected chi connectivity index (χ1v) is 6.66. The van der Waals surface area contributed by atoms with Gasteiger partial charge in [-0.1, -0.05) is 0 Å². The summed E-state index contributed by atoms with van der Waals surface area (Å²) in [4.78, 5) is 15.4. The minimum absolute atomic E-state index is 0.236. The summed E-state index contributed by atoms with van der Waals surface area (Å²) in [6, 6.07) is 3.28. The van der Waals surface area contributed by atoms with Crippen molar-refractivity contribution in [2.24, 2.45) is 0 Å². The summed E-state index contributed by atoms with van der Waals surface area (Å²) in [6.45, 7) is 2.90. The van der Waals surface area contributed by atoms with E-state index in [-0.39, 0.29) is 5.91 Å². The number of rotatable bonds is 3. The van der Waals surface area contributed by atoms with Crippen LogP contribution in [0, 0.1) is 5.82 Å². The number of nitrogens with zero attached hydrogens (tertiary/aromatic N) is 2. The molecular weight excluding hydrogens is 259 g/mol. The number of nitrogens with one attached hydrogen (secondary N) is 1. The number of hydrogen-bond donors (Lipinski definition) is 2. The fourth-order valence-corrected chi connectivity index (χ4v) is 2.59. The van der Waals surface area contributed by atoms with Crippen molar-refractivity contribution >= 4 is 23.0 Å². The standard InChI is InChI=1S/C14H21FN4O/c1-9(20)17-13-7-10(16)6-12(15)14(13)19-5-4-11(8-19)18(2)3/h6-7,11H,4-5,8,16H2,1-3H3,(H,17,20). The second-order valence-corrected chi connectivity index (χ2v) is 5.43. The molecule has 1 atom stereocenters. The molecule has 1 aliphatic rings. The number of nitrogen functional groups attached to an aromatic ring is 1. The van der Waals surface area contributed by atoms with E-state index in [9.17, 15) is 9.18 Å². The first-order chi connectivity index (χ1) is 9.38. The van der Waals surface area contributed by atoms with Gasteiger partial charge in [-0.3, -0.25) is 4.79 Å². The van der Waals surface area contributed by atoms with Gasteiger partial charge in [0.25, 0.3) is 0 Å². The van der Waals surface area contributed by atoms with Gasteiger partial charge in [-0.15, -0.1) is 0 Å². The molecule has 0 bridgehead atoms. The molecule has 1 aromatic carbocycles. The smallest absolute Gasteiger partial charge is 0.221 e. The SMILES string of the molecule is CC(=O)Nc1cc(N)cc(F)c1N1CCC(N(C)C)C1. The van der Waals surface area contributed by atoms with Crippen LogP contribution >= 0.6 is 0 Å². The molecule has 2 rings (SSSR count). The van der Waals surface area contributed by atoms with Crippen LogP contribution in [0.2, 0.25) is 0 Å². The summed E-state index contributed by atoms with van der Waals surface area (Å²) in [6.07, 6.45) is 0.969. The maximum Gasteiger partial charge on any atom is 0.221 e. The number of likely N-dealkylation sites (N-methyl/N-ethyl adjacent to an activating group) is 1. The maximum atomic E-state index is 14.3. The van der Waals surface area contributed by atoms with Crippen LogP contribution in [0.15, 0.2) is 12.1 Å². The minimum Gasteiger partial charge on any atom is -0.399 e. The van der Waals surface area contributed by atoms with Gasteiger partial charge in [-0.2, -0.15) is 0 Å². The molecule has 0 saturated carbocycles. The molecule has 0 aliphatic carbocycles. The highest BCUT2D eigenvalue weighted by atomic mass is 19.1. The summed E-state index contributed by atoms with van der Waals surface area (Å²) in [5.41, 5.74) is 6.83. The van der Waals surface area contributed by atoms with Crippen molar-refractivity contribution in [2.75, 3.05) is 43.1 Å². The lowest BCUT2D eigenvalue weighted by Crippen LogP contribution is -2.32. The number of amides is 1. The van der Waals surface area contributed by atoms with Crippen LogP contribution in [-0.4, -0.2) is 44.0 Å². The lowest BCUT2D eigenvalue weighted by atomic mass is 10.2. The van der Waals surface area contributed by atoms with Crippen LogP contribution in [0.1, 0.15) is 13.3 Å². The van der Waals surface area contributed by atoms with Crippen molar-refractivity contribution in [3.05, 3.63) is 17.9 Å². The van der Waals surface area contributed by atoms with Gasteiger partial charge in [0.05, 0.1) is 11.4 Å². The first-order valence-electron chi connectivity index (χ1n) is 6.66. The number of nitrogens with two attached hydrogens (primary N) is 1. The van der Waals surface area contributed by atoms with Crippen molar-refractivity contribution in [3.63, 3.8) is 0 Å². The Kier molecular flexibility index (Phi) is 4.13. The van der Waals surface area contributed by atoms with E-state index in [0.29, 0.717) is 23.1 Å². The van der Waals surface area contributed by atoms with Gasteiger partial charge in [-0.05, 0) is 32.6 Å². The molecule has 0 spiro atoms. The normalized spacial score (nSPS) is 18.6. The zero-order valence-electron chi connectivity index (χ0n) is 12.1. The molecule has 3 N–H and O–H groups in total. The molecule has 5 nitrogen and oxygen atoms in total. The molecule has 1 heterocycles. The predicted molar refractivity (Wildman–Crippen MR) is 79.4 cm³/mol. The Morgan fingerprint density at radius 2 is 2.20 bits per heavy atom. The molecule has 1 fully saturated rings. The van der Waals surface area contributed by atoms with Crippen LogP contribution in [-0.2, 0) is 4.79 Å². The molecule has 20 heavy (non-hydrogen) atoms. The van der Waals surface area contributed by atoms with Crippen molar-refractivity contribution in [1.29, 1.82) is 0 Å². The lowest BCUT2D eigenvalue weighted by Gasteiger charge is -2.24. The van der Waals surface area contributed by atoms with Gasteiger partial charge in [0.2, 0.25) is 5.91 Å². The molecule has 0 aromatic heterocycles. The quantitative estimate of drug-likeness (QED) is 0.824. The largest absolute Gasteiger partial charge is 0.399 e. The van der Waals surface area contributed by atoms with Crippen LogP contribution in [0.3, 0.4) is 0 Å². The molecule has 1 saturated heterocycles. The van der Waals surface area contributed by atoms with Crippen LogP contribution < -0.4 is 16.0 Å². The van der Waals surface area contributed by atoms with Crippen LogP contribution in [0.25, 0.3) is 0 Å². The Labute approximate surface area is 118 Å². The second kappa shape index (κ2) is 5.66. The van der Waals surface area contributed by atoms with Gasteiger partial charge in [0, 0.05) is 31.7 Å². The number of benzene rings is 1. The first kappa shape index (κ1) is 14.6. The highest BCUT2D eigenvalue weighted by Crippen LogP contribution is 2.34. The zero-order chi connectivity index (χ0) is 14.9. The zero-order valence-corrected chi connectivity index (χ0v) is 12.1. The number of hydrogen-bond acceptors (Lipinski definition) is 4. The highest BCUT2D eigenvalue weighted by molar-refractivity contribution is 5.94. The van der Waals surface area contributed by atoms with Gasteiger partial charge >= 0.3 is 0 Å². The van der Waals surface area contributed by atoms with E-state index in [4.69, 9.17) is 5.73 Å². The fourth-order valence-electron chi connectivity index (χ4n) is 2.59. The van der Waals surface area contributed by atoms with E-state index >= 15 is 0 Å². The molecule has 6 heteroatoms. The van der Waals surface area contributed by atoms with E-state index in [1.165, 1.54) is 13.0 Å². The lowest BCUT2D eigenvalue weighted by molar-refractivity contribution is -0.114. The Morgan fingerprint density at radius 3 is 2.75 bits per heavy atom. The molecule has 0 radical (unpaired) electrons. The number of carbonyl (C=O) groups excluding carboxylic acids is 1. The molecule has 1 unspecified atom stereocenters. The average molecular weight is 280 g/mol. The van der Waals surface area contributed by atoms with Crippen molar-refractivity contribution in [1.82, 2.24) is 4.90 Å². The van der Waals surface area contributed by atoms with E-state index in [1.807, 2.05) is 19.0 Å². The summed E-state index contributed by atoms with van der Waals surface area (Å²) in [7, 11) is 4.03. The van der Waals surface area contributed by atoms with E-state index in [1.54, 1.807) is 6.07 Å². The van der Waals surface area contributed by atoms with Gasteiger partial charge in [0.1, 0.15) is 0 Å². The summed E-state index contributed by atoms with van der Waals surface area (Å²) in [5, 5.41) is 2.66. The van der Waals surface area contributed by atoms with Gasteiger partial charge < -0.3 is 20.9 Å². The van der Waals surface area contributed by atoms with Crippen LogP contribution in [0.5, 0.6) is 0 Å². The van der Waals surface area contributed by atoms with Gasteiger partial charge in [-0.25, -0.2) is 4.39 Å². The average Bonchev–Trinajstić information content (AvgIpc) is 2.76. The monoisotopic (exact) mass is 280 g/mol. The predicted octanol–water partition coefficient (Wildman–Crippen LogP) is 1.51. The van der Waals surface area contributed by atoms with E-state index in [2.05, 4.69) is 10.2 Å². The Hall–Kier alpha value is -1.82. The fraction of sp³-hybridized carbons (Fsp3) is 0.500. The van der Waals surface area contributed by atoms with E-state index < -0.39 is 5.82 Å². The molecular formula is C14H21FN4O. The van der Waals surface area contributed by atoms with Crippen molar-refractivity contribution in [2.45, 2.75) is 19.4 Å². The third kappa shape index (κ3) is 3.01. The third-order valence-corrected chi connectivity index (χ3v) is 3.61. The van der Waals surface area contributed by atoms with E-state index in [0.717, 1.165) is 19.5 Å². The Morgan fingerprint density at radius 1 is 1.50 bits per heavy atom. The summed E-state index contributed by atoms with van der Waals surface area (Å²) >= 11 is 0.